The Bertz CT molecular complexity index is 1940. The number of likely N-dealkylation sites (N-methyl/N-ethyl adjacent to an activating group) is 2. The second-order valence-electron chi connectivity index (χ2n) is 20.6. The van der Waals surface area contributed by atoms with Crippen molar-refractivity contribution in [2.45, 2.75) is 162 Å². The number of imide groups is 1. The molecule has 4 rings (SSSR count). The van der Waals surface area contributed by atoms with Crippen LogP contribution in [-0.4, -0.2) is 169 Å². The van der Waals surface area contributed by atoms with Crippen molar-refractivity contribution in [3.8, 4) is 5.75 Å². The molecule has 17 nitrogen and oxygen atoms in total. The lowest BCUT2D eigenvalue weighted by Gasteiger charge is -2.41. The number of hydroxylamine groups is 2. The van der Waals surface area contributed by atoms with Crippen LogP contribution < -0.4 is 10.6 Å². The van der Waals surface area contributed by atoms with E-state index in [1.165, 1.54) is 17.1 Å². The van der Waals surface area contributed by atoms with Crippen LogP contribution in [-0.2, 0) is 49.5 Å². The summed E-state index contributed by atoms with van der Waals surface area (Å²) in [7, 11) is 6.79. The van der Waals surface area contributed by atoms with Crippen LogP contribution in [0.25, 0.3) is 0 Å². The van der Waals surface area contributed by atoms with Crippen LogP contribution in [0.2, 0.25) is 0 Å². The molecule has 6 amide bonds. The largest absolute Gasteiger partial charge is 0.508 e. The number of methoxy groups -OCH3 is 2. The average molecular weight is 994 g/mol. The number of aromatic hydroxyl groups is 1. The van der Waals surface area contributed by atoms with Crippen LogP contribution in [0.15, 0.2) is 48.7 Å². The van der Waals surface area contributed by atoms with Crippen molar-refractivity contribution in [1.29, 1.82) is 0 Å². The molecule has 0 bridgehead atoms. The third-order valence-electron chi connectivity index (χ3n) is 14.8. The Balaban J connectivity index is 1.42. The summed E-state index contributed by atoms with van der Waals surface area (Å²) in [5.74, 6) is -2.31. The normalized spacial score (nSPS) is 19.7. The molecule has 9 atom stereocenters. The first-order chi connectivity index (χ1) is 33.7. The minimum atomic E-state index is -0.837. The molecular weight excluding hydrogens is 907 g/mol. The van der Waals surface area contributed by atoms with Crippen LogP contribution in [0, 0.1) is 23.7 Å². The first-order valence-corrected chi connectivity index (χ1v) is 26.1. The third kappa shape index (κ3) is 16.1. The quantitative estimate of drug-likeness (QED) is 0.0680. The summed E-state index contributed by atoms with van der Waals surface area (Å²) in [5, 5.41) is 18.0. The second-order valence-corrected chi connectivity index (χ2v) is 20.6. The number of phenols is 1. The second kappa shape index (κ2) is 28.4. The van der Waals surface area contributed by atoms with E-state index >= 15 is 0 Å². The van der Waals surface area contributed by atoms with Gasteiger partial charge in [-0.2, -0.15) is 0 Å². The number of nitrogens with zero attached hydrogens (tertiary/aromatic N) is 5. The zero-order chi connectivity index (χ0) is 52.5. The predicted molar refractivity (Wildman–Crippen MR) is 273 cm³/mol. The number of phenolic OH excluding ortho intramolecular Hbond substituents is 1. The average Bonchev–Trinajstić information content (AvgIpc) is 3.96. The van der Waals surface area contributed by atoms with Gasteiger partial charge in [0.1, 0.15) is 11.8 Å². The maximum absolute atomic E-state index is 14.7. The van der Waals surface area contributed by atoms with E-state index in [4.69, 9.17) is 14.3 Å². The van der Waals surface area contributed by atoms with Crippen LogP contribution in [0.3, 0.4) is 0 Å². The first-order valence-electron chi connectivity index (χ1n) is 26.1. The van der Waals surface area contributed by atoms with Gasteiger partial charge in [-0.1, -0.05) is 86.4 Å². The van der Waals surface area contributed by atoms with Gasteiger partial charge in [-0.25, -0.2) is 0 Å². The topological polar surface area (TPSA) is 191 Å². The minimum absolute atomic E-state index is 0.00830. The lowest BCUT2D eigenvalue weighted by molar-refractivity contribution is -0.158. The van der Waals surface area contributed by atoms with Gasteiger partial charge in [0.15, 0.2) is 0 Å². The van der Waals surface area contributed by atoms with Crippen molar-refractivity contribution >= 4 is 35.4 Å². The van der Waals surface area contributed by atoms with Gasteiger partial charge in [0.05, 0.1) is 61.0 Å². The summed E-state index contributed by atoms with van der Waals surface area (Å²) in [6, 6.07) is 4.14. The highest BCUT2D eigenvalue weighted by Gasteiger charge is 2.44. The van der Waals surface area contributed by atoms with Gasteiger partial charge in [0, 0.05) is 53.1 Å². The smallest absolute Gasteiger partial charge is 0.253 e. The van der Waals surface area contributed by atoms with E-state index in [9.17, 15) is 33.9 Å². The molecule has 3 heterocycles. The Hall–Kier alpha value is -4.84. The fraction of sp³-hybridized carbons (Fsp3) is 0.704. The summed E-state index contributed by atoms with van der Waals surface area (Å²) in [4.78, 5) is 94.1. The van der Waals surface area contributed by atoms with Crippen LogP contribution in [0.4, 0.5) is 0 Å². The van der Waals surface area contributed by atoms with Gasteiger partial charge in [-0.15, -0.1) is 0 Å². The molecule has 17 heteroatoms. The van der Waals surface area contributed by atoms with Crippen molar-refractivity contribution in [2.24, 2.45) is 23.7 Å². The molecule has 0 radical (unpaired) electrons. The number of carbonyl (C=O) groups is 6. The van der Waals surface area contributed by atoms with Crippen molar-refractivity contribution in [3.05, 3.63) is 54.3 Å². The number of hydrogen-bond acceptors (Lipinski definition) is 12. The van der Waals surface area contributed by atoms with E-state index < -0.39 is 42.3 Å². The zero-order valence-corrected chi connectivity index (χ0v) is 44.7. The Morgan fingerprint density at radius 2 is 1.52 bits per heavy atom. The van der Waals surface area contributed by atoms with Gasteiger partial charge >= 0.3 is 0 Å². The van der Waals surface area contributed by atoms with E-state index in [1.807, 2.05) is 77.4 Å². The number of amides is 6. The number of likely N-dealkylation sites (tertiary alicyclic amines) is 1. The van der Waals surface area contributed by atoms with Crippen molar-refractivity contribution in [1.82, 2.24) is 35.3 Å². The minimum Gasteiger partial charge on any atom is -0.508 e. The molecule has 1 aromatic carbocycles. The highest BCUT2D eigenvalue weighted by molar-refractivity contribution is 6.12. The Labute approximate surface area is 424 Å². The van der Waals surface area contributed by atoms with Crippen molar-refractivity contribution in [2.75, 3.05) is 61.1 Å². The van der Waals surface area contributed by atoms with Gasteiger partial charge in [-0.05, 0) is 94.0 Å². The molecule has 2 fully saturated rings. The summed E-state index contributed by atoms with van der Waals surface area (Å²) < 4.78 is 12.2. The SMILES string of the molecule is C=C([C@H](Cc1ccc(O)cc1)NC(=O)[C@H](C)[C@@H](OC)[C@@H]1CCCN1C(=O)C[C@@H](OC)[C@H]([C@@H](C)CC)N(C)C(=O)[C@@H](NC(=O)[C@H](C(C)C)N(C)CCCCCCN1C(=O)C=CC1=O)C(C)C)N1CCCCO1. The zero-order valence-electron chi connectivity index (χ0n) is 44.7. The van der Waals surface area contributed by atoms with E-state index in [1.54, 1.807) is 43.4 Å². The number of nitrogens with one attached hydrogen (secondary N) is 2. The molecule has 71 heavy (non-hydrogen) atoms. The summed E-state index contributed by atoms with van der Waals surface area (Å²) >= 11 is 0. The van der Waals surface area contributed by atoms with Crippen LogP contribution in [0.5, 0.6) is 5.75 Å². The number of rotatable bonds is 29. The molecule has 1 aromatic rings. The molecule has 0 aromatic heterocycles. The monoisotopic (exact) mass is 994 g/mol. The molecule has 398 valence electrons. The highest BCUT2D eigenvalue weighted by Crippen LogP contribution is 2.30. The standard InChI is InChI=1S/C54H87N7O10/c1-13-37(6)50(58(10)54(68)48(35(2)3)56-53(67)49(36(4)5)57(9)28-16-14-15-17-29-60-45(63)26-27-46(60)64)44(69-11)34-47(65)59-30-20-21-43(59)51(70-12)38(7)52(66)55-42(33-40-22-24-41(62)25-23-40)39(8)61-31-18-19-32-71-61/h22-27,35-38,42-44,48-51,62H,8,13-21,28-34H2,1-7,9-12H3,(H,55,66)(H,56,67)/t37-,38+,42-,43-,44+,48-,49-,50-,51+/m0/s1. The summed E-state index contributed by atoms with van der Waals surface area (Å²) in [6.07, 6.45) is 8.92. The molecule has 2 saturated heterocycles. The van der Waals surface area contributed by atoms with E-state index in [0.717, 1.165) is 44.1 Å². The van der Waals surface area contributed by atoms with E-state index in [0.29, 0.717) is 64.2 Å². The fourth-order valence-corrected chi connectivity index (χ4v) is 10.5. The summed E-state index contributed by atoms with van der Waals surface area (Å²) in [6.45, 7) is 20.8. The Morgan fingerprint density at radius 1 is 0.859 bits per heavy atom. The third-order valence-corrected chi connectivity index (χ3v) is 14.8. The van der Waals surface area contributed by atoms with Gasteiger partial charge in [0.2, 0.25) is 23.6 Å². The molecule has 3 aliphatic rings. The van der Waals surface area contributed by atoms with Crippen molar-refractivity contribution < 1.29 is 48.2 Å². The molecule has 0 spiro atoms. The maximum atomic E-state index is 14.7. The summed E-state index contributed by atoms with van der Waals surface area (Å²) in [5.41, 5.74) is 1.54. The maximum Gasteiger partial charge on any atom is 0.253 e. The Morgan fingerprint density at radius 3 is 2.10 bits per heavy atom. The molecule has 3 N–H and O–H groups in total. The molecule has 3 aliphatic heterocycles. The lowest BCUT2D eigenvalue weighted by atomic mass is 9.89. The molecule has 0 saturated carbocycles. The number of carbonyl (C=O) groups excluding carboxylic acids is 6. The predicted octanol–water partition coefficient (Wildman–Crippen LogP) is 5.46. The van der Waals surface area contributed by atoms with Gasteiger partial charge in [0.25, 0.3) is 11.8 Å². The molecule has 0 unspecified atom stereocenters. The fourth-order valence-electron chi connectivity index (χ4n) is 10.5. The van der Waals surface area contributed by atoms with Gasteiger partial charge in [-0.3, -0.25) is 48.5 Å². The number of benzene rings is 1. The molecular formula is C54H87N7O10. The number of ether oxygens (including phenoxy) is 2. The highest BCUT2D eigenvalue weighted by atomic mass is 16.7. The first kappa shape index (κ1) is 58.7. The Kier molecular flexibility index (Phi) is 23.5. The van der Waals surface area contributed by atoms with Gasteiger partial charge < -0.3 is 35.0 Å². The van der Waals surface area contributed by atoms with E-state index in [2.05, 4.69) is 17.2 Å². The lowest BCUT2D eigenvalue weighted by Crippen LogP contribution is -2.60. The number of hydrogen-bond donors (Lipinski definition) is 3. The van der Waals surface area contributed by atoms with Crippen molar-refractivity contribution in [3.63, 3.8) is 0 Å². The van der Waals surface area contributed by atoms with E-state index in [-0.39, 0.29) is 71.4 Å². The van der Waals surface area contributed by atoms with Crippen LogP contribution in [0.1, 0.15) is 118 Å². The number of unbranched alkanes of at least 4 members (excludes halogenated alkanes) is 3. The molecule has 0 aliphatic carbocycles. The van der Waals surface area contributed by atoms with Crippen LogP contribution >= 0.6 is 0 Å².